The summed E-state index contributed by atoms with van der Waals surface area (Å²) in [4.78, 5) is 14.0. The number of hydrogen-bond acceptors (Lipinski definition) is 4. The molecule has 1 saturated heterocycles. The van der Waals surface area contributed by atoms with Crippen LogP contribution in [0.25, 0.3) is 0 Å². The number of fused-ring (bicyclic) bond motifs is 1. The molecule has 1 amide bonds. The quantitative estimate of drug-likeness (QED) is 0.863. The standard InChI is InChI=1S/C17H23NO4/c19-15-6-13-8-18(9-14(13)7-16(15)20)17(21)11-22-10-12-4-2-1-3-5-12/h1-5,13-16,19-20H,6-11H2. The number of carbonyl (C=O) groups is 1. The summed E-state index contributed by atoms with van der Waals surface area (Å²) in [6.45, 7) is 1.86. The van der Waals surface area contributed by atoms with E-state index in [-0.39, 0.29) is 12.5 Å². The Kier molecular flexibility index (Phi) is 4.76. The molecule has 1 saturated carbocycles. The summed E-state index contributed by atoms with van der Waals surface area (Å²) in [5, 5.41) is 19.5. The molecule has 1 aliphatic carbocycles. The molecule has 2 N–H and O–H groups in total. The van der Waals surface area contributed by atoms with Gasteiger partial charge in [-0.15, -0.1) is 0 Å². The first-order chi connectivity index (χ1) is 10.6. The molecule has 3 rings (SSSR count). The molecule has 1 heterocycles. The van der Waals surface area contributed by atoms with Crippen molar-refractivity contribution in [2.75, 3.05) is 19.7 Å². The van der Waals surface area contributed by atoms with E-state index < -0.39 is 12.2 Å². The lowest BCUT2D eigenvalue weighted by Crippen LogP contribution is -2.38. The number of amides is 1. The summed E-state index contributed by atoms with van der Waals surface area (Å²) >= 11 is 0. The summed E-state index contributed by atoms with van der Waals surface area (Å²) in [7, 11) is 0. The third kappa shape index (κ3) is 3.48. The molecule has 2 aliphatic rings. The molecule has 0 spiro atoms. The van der Waals surface area contributed by atoms with Gasteiger partial charge in [0.15, 0.2) is 0 Å². The highest BCUT2D eigenvalue weighted by Crippen LogP contribution is 2.36. The minimum atomic E-state index is -0.648. The van der Waals surface area contributed by atoms with E-state index in [0.717, 1.165) is 5.56 Å². The molecule has 0 aromatic heterocycles. The lowest BCUT2D eigenvalue weighted by Gasteiger charge is -2.31. The number of hydrogen-bond donors (Lipinski definition) is 2. The fourth-order valence-electron chi connectivity index (χ4n) is 3.53. The van der Waals surface area contributed by atoms with Gasteiger partial charge in [-0.1, -0.05) is 30.3 Å². The second-order valence-corrected chi connectivity index (χ2v) is 6.40. The van der Waals surface area contributed by atoms with Gasteiger partial charge in [-0.3, -0.25) is 4.79 Å². The van der Waals surface area contributed by atoms with E-state index in [4.69, 9.17) is 4.74 Å². The smallest absolute Gasteiger partial charge is 0.248 e. The van der Waals surface area contributed by atoms with Crippen LogP contribution in [-0.4, -0.2) is 52.9 Å². The number of aliphatic hydroxyl groups excluding tert-OH is 2. The van der Waals surface area contributed by atoms with Gasteiger partial charge in [-0.05, 0) is 30.2 Å². The SMILES string of the molecule is O=C(COCc1ccccc1)N1CC2CC(O)C(O)CC2C1. The highest BCUT2D eigenvalue weighted by atomic mass is 16.5. The molecule has 22 heavy (non-hydrogen) atoms. The minimum Gasteiger partial charge on any atom is -0.390 e. The fraction of sp³-hybridized carbons (Fsp3) is 0.588. The Morgan fingerprint density at radius 2 is 1.68 bits per heavy atom. The number of carbonyl (C=O) groups excluding carboxylic acids is 1. The zero-order valence-electron chi connectivity index (χ0n) is 12.6. The molecule has 1 aromatic carbocycles. The summed E-state index contributed by atoms with van der Waals surface area (Å²) < 4.78 is 5.50. The number of nitrogens with zero attached hydrogens (tertiary/aromatic N) is 1. The van der Waals surface area contributed by atoms with Crippen LogP contribution < -0.4 is 0 Å². The Hall–Kier alpha value is -1.43. The first kappa shape index (κ1) is 15.5. The number of likely N-dealkylation sites (tertiary alicyclic amines) is 1. The molecule has 0 radical (unpaired) electrons. The molecule has 5 nitrogen and oxygen atoms in total. The van der Waals surface area contributed by atoms with Gasteiger partial charge in [0, 0.05) is 13.1 Å². The zero-order chi connectivity index (χ0) is 15.5. The largest absolute Gasteiger partial charge is 0.390 e. The van der Waals surface area contributed by atoms with Crippen LogP contribution in [0.3, 0.4) is 0 Å². The first-order valence-electron chi connectivity index (χ1n) is 7.89. The van der Waals surface area contributed by atoms with E-state index in [1.165, 1.54) is 0 Å². The second-order valence-electron chi connectivity index (χ2n) is 6.40. The van der Waals surface area contributed by atoms with Gasteiger partial charge in [0.05, 0.1) is 18.8 Å². The first-order valence-corrected chi connectivity index (χ1v) is 7.89. The predicted octanol–water partition coefficient (Wildman–Crippen LogP) is 0.793. The normalized spacial score (nSPS) is 31.1. The zero-order valence-corrected chi connectivity index (χ0v) is 12.6. The average molecular weight is 305 g/mol. The Morgan fingerprint density at radius 3 is 2.27 bits per heavy atom. The summed E-state index contributed by atoms with van der Waals surface area (Å²) in [5.74, 6) is 0.599. The maximum absolute atomic E-state index is 12.2. The van der Waals surface area contributed by atoms with E-state index >= 15 is 0 Å². The van der Waals surface area contributed by atoms with Crippen LogP contribution >= 0.6 is 0 Å². The van der Waals surface area contributed by atoms with Crippen molar-refractivity contribution in [3.8, 4) is 0 Å². The molecule has 4 unspecified atom stereocenters. The number of rotatable bonds is 4. The Labute approximate surface area is 130 Å². The van der Waals surface area contributed by atoms with Crippen LogP contribution in [0.2, 0.25) is 0 Å². The average Bonchev–Trinajstić information content (AvgIpc) is 2.91. The molecule has 2 fully saturated rings. The molecule has 4 atom stereocenters. The minimum absolute atomic E-state index is 0.00527. The summed E-state index contributed by atoms with van der Waals surface area (Å²) in [6, 6.07) is 9.78. The van der Waals surface area contributed by atoms with Crippen molar-refractivity contribution in [1.29, 1.82) is 0 Å². The van der Waals surface area contributed by atoms with Crippen LogP contribution in [0.15, 0.2) is 30.3 Å². The second kappa shape index (κ2) is 6.77. The van der Waals surface area contributed by atoms with Crippen molar-refractivity contribution < 1.29 is 19.7 Å². The summed E-state index contributed by atoms with van der Waals surface area (Å²) in [6.07, 6.45) is -0.127. The van der Waals surface area contributed by atoms with E-state index in [0.29, 0.717) is 44.4 Å². The molecule has 5 heteroatoms. The third-order valence-corrected chi connectivity index (χ3v) is 4.80. The van der Waals surface area contributed by atoms with Crippen LogP contribution in [0.1, 0.15) is 18.4 Å². The van der Waals surface area contributed by atoms with Crippen molar-refractivity contribution in [1.82, 2.24) is 4.90 Å². The van der Waals surface area contributed by atoms with Crippen LogP contribution in [0.4, 0.5) is 0 Å². The van der Waals surface area contributed by atoms with Gasteiger partial charge >= 0.3 is 0 Å². The Bertz CT molecular complexity index is 489. The maximum Gasteiger partial charge on any atom is 0.248 e. The highest BCUT2D eigenvalue weighted by Gasteiger charge is 2.42. The van der Waals surface area contributed by atoms with Gasteiger partial charge in [-0.2, -0.15) is 0 Å². The van der Waals surface area contributed by atoms with Gasteiger partial charge in [0.2, 0.25) is 5.91 Å². The molecule has 0 bridgehead atoms. The van der Waals surface area contributed by atoms with Crippen molar-refractivity contribution in [2.45, 2.75) is 31.7 Å². The topological polar surface area (TPSA) is 70.0 Å². The third-order valence-electron chi connectivity index (χ3n) is 4.80. The van der Waals surface area contributed by atoms with E-state index in [1.54, 1.807) is 0 Å². The number of aliphatic hydroxyl groups is 2. The fourth-order valence-corrected chi connectivity index (χ4v) is 3.53. The number of ether oxygens (including phenoxy) is 1. The lowest BCUT2D eigenvalue weighted by molar-refractivity contribution is -0.135. The predicted molar refractivity (Wildman–Crippen MR) is 80.9 cm³/mol. The summed E-state index contributed by atoms with van der Waals surface area (Å²) in [5.41, 5.74) is 1.05. The monoisotopic (exact) mass is 305 g/mol. The Balaban J connectivity index is 1.45. The molecule has 1 aromatic rings. The van der Waals surface area contributed by atoms with Gasteiger partial charge in [0.25, 0.3) is 0 Å². The van der Waals surface area contributed by atoms with Crippen molar-refractivity contribution in [3.05, 3.63) is 35.9 Å². The van der Waals surface area contributed by atoms with Crippen LogP contribution in [-0.2, 0) is 16.1 Å². The molecular weight excluding hydrogens is 282 g/mol. The van der Waals surface area contributed by atoms with E-state index in [1.807, 2.05) is 35.2 Å². The van der Waals surface area contributed by atoms with Crippen molar-refractivity contribution in [2.24, 2.45) is 11.8 Å². The number of benzene rings is 1. The van der Waals surface area contributed by atoms with Crippen LogP contribution in [0.5, 0.6) is 0 Å². The lowest BCUT2D eigenvalue weighted by atomic mass is 9.79. The van der Waals surface area contributed by atoms with Gasteiger partial charge in [-0.25, -0.2) is 0 Å². The van der Waals surface area contributed by atoms with Crippen molar-refractivity contribution in [3.63, 3.8) is 0 Å². The molecular formula is C17H23NO4. The van der Waals surface area contributed by atoms with E-state index in [9.17, 15) is 15.0 Å². The molecule has 120 valence electrons. The maximum atomic E-state index is 12.2. The highest BCUT2D eigenvalue weighted by molar-refractivity contribution is 5.77. The molecule has 1 aliphatic heterocycles. The van der Waals surface area contributed by atoms with Gasteiger partial charge in [0.1, 0.15) is 6.61 Å². The Morgan fingerprint density at radius 1 is 1.09 bits per heavy atom. The van der Waals surface area contributed by atoms with E-state index in [2.05, 4.69) is 0 Å². The van der Waals surface area contributed by atoms with Crippen molar-refractivity contribution >= 4 is 5.91 Å². The van der Waals surface area contributed by atoms with Gasteiger partial charge < -0.3 is 19.8 Å². The van der Waals surface area contributed by atoms with Crippen LogP contribution in [0, 0.1) is 11.8 Å².